The molecule has 14 heavy (non-hydrogen) atoms. The molecule has 3 heteroatoms. The van der Waals surface area contributed by atoms with Crippen LogP contribution in [-0.2, 0) is 4.94 Å². The molecule has 0 amide bonds. The highest BCUT2D eigenvalue weighted by molar-refractivity contribution is 5.81. The van der Waals surface area contributed by atoms with E-state index in [-0.39, 0.29) is 0 Å². The Labute approximate surface area is 85.6 Å². The maximum absolute atomic E-state index is 5.07. The third kappa shape index (κ3) is 2.27. The second-order valence-electron chi connectivity index (χ2n) is 5.20. The summed E-state index contributed by atoms with van der Waals surface area (Å²) in [5, 5.41) is 2.88. The molecule has 0 aliphatic heterocycles. The van der Waals surface area contributed by atoms with Gasteiger partial charge in [0.1, 0.15) is 0 Å². The Morgan fingerprint density at radius 1 is 1.50 bits per heavy atom. The van der Waals surface area contributed by atoms with Gasteiger partial charge in [-0.05, 0) is 42.7 Å². The minimum absolute atomic E-state index is 0.629. The lowest BCUT2D eigenvalue weighted by atomic mass is 9.80. The number of nitrogens with two attached hydrogens (primary N) is 1. The highest BCUT2D eigenvalue weighted by Gasteiger charge is 2.42. The van der Waals surface area contributed by atoms with Gasteiger partial charge < -0.3 is 0 Å². The Morgan fingerprint density at radius 3 is 2.93 bits per heavy atom. The molecule has 1 atom stereocenters. The van der Waals surface area contributed by atoms with Crippen molar-refractivity contribution >= 4 is 5.71 Å². The van der Waals surface area contributed by atoms with Crippen LogP contribution in [0.4, 0.5) is 0 Å². The van der Waals surface area contributed by atoms with Crippen LogP contribution in [0, 0.1) is 11.3 Å². The first-order valence-electron chi connectivity index (χ1n) is 5.71. The van der Waals surface area contributed by atoms with Crippen LogP contribution in [0.3, 0.4) is 0 Å². The summed E-state index contributed by atoms with van der Waals surface area (Å²) in [5.41, 5.74) is 1.95. The average molecular weight is 197 g/mol. The zero-order chi connectivity index (χ0) is 10.0. The number of hydrogen-bond donors (Lipinski definition) is 2. The van der Waals surface area contributed by atoms with E-state index < -0.39 is 0 Å². The Balaban J connectivity index is 1.95. The summed E-state index contributed by atoms with van der Waals surface area (Å²) in [4.78, 5) is 4.56. The fourth-order valence-corrected chi connectivity index (χ4v) is 2.53. The standard InChI is InChI=1S/C11H20N2O/c1-11(6-7-11)8-9-4-2-3-5-10(9)13-14-12/h9H,2-8,12H2,1H3/p+1/b13-10+. The number of rotatable bonds is 3. The first-order chi connectivity index (χ1) is 6.73. The molecule has 3 nitrogen and oxygen atoms in total. The Kier molecular flexibility index (Phi) is 2.77. The molecule has 0 aromatic carbocycles. The fraction of sp³-hybridized carbons (Fsp3) is 0.909. The molecule has 2 aliphatic carbocycles. The van der Waals surface area contributed by atoms with Gasteiger partial charge in [0.05, 0.1) is 0 Å². The second kappa shape index (κ2) is 3.89. The van der Waals surface area contributed by atoms with E-state index in [1.807, 2.05) is 0 Å². The van der Waals surface area contributed by atoms with Crippen molar-refractivity contribution in [3.8, 4) is 0 Å². The van der Waals surface area contributed by atoms with Crippen molar-refractivity contribution in [3.05, 3.63) is 0 Å². The van der Waals surface area contributed by atoms with Crippen molar-refractivity contribution in [2.24, 2.45) is 17.2 Å². The van der Waals surface area contributed by atoms with Crippen molar-refractivity contribution in [2.75, 3.05) is 0 Å². The van der Waals surface area contributed by atoms with Gasteiger partial charge in [0, 0.05) is 12.3 Å². The molecule has 2 rings (SSSR count). The number of nitrogens with one attached hydrogen (secondary N) is 1. The summed E-state index contributed by atoms with van der Waals surface area (Å²) in [6, 6.07) is 0. The van der Waals surface area contributed by atoms with E-state index in [1.165, 1.54) is 44.2 Å². The van der Waals surface area contributed by atoms with Gasteiger partial charge in [-0.2, -0.15) is 4.94 Å². The predicted molar refractivity (Wildman–Crippen MR) is 55.2 cm³/mol. The van der Waals surface area contributed by atoms with Gasteiger partial charge in [-0.3, -0.25) is 0 Å². The van der Waals surface area contributed by atoms with Crippen LogP contribution in [0.5, 0.6) is 0 Å². The van der Waals surface area contributed by atoms with Crippen LogP contribution in [0.1, 0.15) is 51.9 Å². The molecule has 3 N–H and O–H groups in total. The van der Waals surface area contributed by atoms with Crippen LogP contribution in [0.25, 0.3) is 0 Å². The molecule has 0 spiro atoms. The third-order valence-electron chi connectivity index (χ3n) is 3.77. The monoisotopic (exact) mass is 197 g/mol. The van der Waals surface area contributed by atoms with E-state index in [0.29, 0.717) is 11.3 Å². The molecule has 0 aromatic rings. The minimum atomic E-state index is 0.629. The third-order valence-corrected chi connectivity index (χ3v) is 3.77. The Hall–Kier alpha value is -0.570. The molecular weight excluding hydrogens is 176 g/mol. The van der Waals surface area contributed by atoms with Gasteiger partial charge in [-0.1, -0.05) is 13.3 Å². The molecular formula is C11H21N2O+. The van der Waals surface area contributed by atoms with Crippen LogP contribution in [-0.4, -0.2) is 5.71 Å². The Morgan fingerprint density at radius 2 is 2.29 bits per heavy atom. The largest absolute Gasteiger partial charge is 0.207 e. The van der Waals surface area contributed by atoms with E-state index in [1.54, 1.807) is 0 Å². The lowest BCUT2D eigenvalue weighted by molar-refractivity contribution is -0.760. The van der Waals surface area contributed by atoms with Gasteiger partial charge in [-0.25, -0.2) is 0 Å². The van der Waals surface area contributed by atoms with E-state index in [4.69, 9.17) is 5.90 Å². The van der Waals surface area contributed by atoms with Crippen LogP contribution in [0.2, 0.25) is 0 Å². The summed E-state index contributed by atoms with van der Waals surface area (Å²) < 4.78 is 0. The Bertz CT molecular complexity index is 233. The minimum Gasteiger partial charge on any atom is -0.178 e. The van der Waals surface area contributed by atoms with Crippen LogP contribution < -0.4 is 11.1 Å². The fourth-order valence-electron chi connectivity index (χ4n) is 2.53. The summed E-state index contributed by atoms with van der Waals surface area (Å²) >= 11 is 0. The average Bonchev–Trinajstić information content (AvgIpc) is 2.88. The van der Waals surface area contributed by atoms with Crippen molar-refractivity contribution < 1.29 is 10.1 Å². The van der Waals surface area contributed by atoms with E-state index in [9.17, 15) is 0 Å². The van der Waals surface area contributed by atoms with Crippen molar-refractivity contribution in [3.63, 3.8) is 0 Å². The first-order valence-corrected chi connectivity index (χ1v) is 5.71. The van der Waals surface area contributed by atoms with E-state index in [0.717, 1.165) is 6.42 Å². The van der Waals surface area contributed by atoms with Crippen molar-refractivity contribution in [2.45, 2.75) is 51.9 Å². The van der Waals surface area contributed by atoms with E-state index in [2.05, 4.69) is 17.0 Å². The molecule has 2 saturated carbocycles. The first kappa shape index (κ1) is 9.97. The summed E-state index contributed by atoms with van der Waals surface area (Å²) in [5.74, 6) is 5.76. The zero-order valence-electron chi connectivity index (χ0n) is 9.01. The quantitative estimate of drug-likeness (QED) is 0.654. The van der Waals surface area contributed by atoms with Gasteiger partial charge in [-0.15, -0.1) is 5.90 Å². The normalized spacial score (nSPS) is 33.0. The molecule has 1 unspecified atom stereocenters. The lowest BCUT2D eigenvalue weighted by Gasteiger charge is -2.22. The van der Waals surface area contributed by atoms with Gasteiger partial charge in [0.25, 0.3) is 0 Å². The summed E-state index contributed by atoms with van der Waals surface area (Å²) in [7, 11) is 0. The molecule has 80 valence electrons. The van der Waals surface area contributed by atoms with Crippen molar-refractivity contribution in [1.29, 1.82) is 0 Å². The molecule has 0 heterocycles. The van der Waals surface area contributed by atoms with Crippen molar-refractivity contribution in [1.82, 2.24) is 0 Å². The maximum atomic E-state index is 5.07. The van der Waals surface area contributed by atoms with Crippen LogP contribution in [0.15, 0.2) is 0 Å². The molecule has 0 aromatic heterocycles. The zero-order valence-corrected chi connectivity index (χ0v) is 9.01. The maximum Gasteiger partial charge on any atom is 0.207 e. The topological polar surface area (TPSA) is 49.2 Å². The van der Waals surface area contributed by atoms with Gasteiger partial charge >= 0.3 is 0 Å². The number of hydrogen-bond acceptors (Lipinski definition) is 2. The summed E-state index contributed by atoms with van der Waals surface area (Å²) in [6.45, 7) is 2.39. The SMILES string of the molecule is CC1(CC2CCCC/C2=[NH+]\ON)CC1. The highest BCUT2D eigenvalue weighted by Crippen LogP contribution is 2.51. The van der Waals surface area contributed by atoms with E-state index >= 15 is 0 Å². The molecule has 2 aliphatic rings. The highest BCUT2D eigenvalue weighted by atomic mass is 16.7. The molecule has 0 bridgehead atoms. The summed E-state index contributed by atoms with van der Waals surface area (Å²) in [6.07, 6.45) is 9.20. The second-order valence-corrected chi connectivity index (χ2v) is 5.20. The lowest BCUT2D eigenvalue weighted by Crippen LogP contribution is -2.75. The molecule has 0 radical (unpaired) electrons. The smallest absolute Gasteiger partial charge is 0.178 e. The van der Waals surface area contributed by atoms with Crippen LogP contribution >= 0.6 is 0 Å². The molecule has 2 fully saturated rings. The molecule has 0 saturated heterocycles. The van der Waals surface area contributed by atoms with Gasteiger partial charge in [0.15, 0.2) is 0 Å². The van der Waals surface area contributed by atoms with Gasteiger partial charge in [0.2, 0.25) is 5.71 Å². The predicted octanol–water partition coefficient (Wildman–Crippen LogP) is 0.694.